The molecule has 32 heavy (non-hydrogen) atoms. The molecular weight excluding hydrogens is 536 g/mol. The summed E-state index contributed by atoms with van der Waals surface area (Å²) in [5, 5.41) is 9.17. The molecule has 1 aromatic carbocycles. The molecule has 1 fully saturated rings. The third-order valence-electron chi connectivity index (χ3n) is 5.09. The number of aliphatic imine (C=N–C) groups is 1. The monoisotopic (exact) mass is 570 g/mol. The molecule has 0 aliphatic carbocycles. The number of carbonyl (C=O) groups excluding carboxylic acids is 1. The van der Waals surface area contributed by atoms with Crippen LogP contribution in [0.2, 0.25) is 0 Å². The maximum atomic E-state index is 13.3. The second kappa shape index (κ2) is 12.1. The van der Waals surface area contributed by atoms with E-state index in [0.29, 0.717) is 50.7 Å². The lowest BCUT2D eigenvalue weighted by Crippen LogP contribution is -2.48. The summed E-state index contributed by atoms with van der Waals surface area (Å²) in [6, 6.07) is 5.51. The summed E-state index contributed by atoms with van der Waals surface area (Å²) in [6.07, 6.45) is -3.22. The van der Waals surface area contributed by atoms with Gasteiger partial charge in [-0.05, 0) is 52.2 Å². The number of hydrogen-bond acceptors (Lipinski definition) is 3. The summed E-state index contributed by atoms with van der Waals surface area (Å²) in [5.74, 6) is 0.243. The third kappa shape index (κ3) is 8.76. The molecule has 1 aliphatic heterocycles. The molecule has 182 valence electrons. The topological polar surface area (TPSA) is 74.8 Å². The van der Waals surface area contributed by atoms with Gasteiger partial charge < -0.3 is 20.7 Å². The van der Waals surface area contributed by atoms with E-state index in [9.17, 15) is 18.0 Å². The first-order chi connectivity index (χ1) is 14.5. The molecule has 0 unspecified atom stereocenters. The number of rotatable bonds is 6. The van der Waals surface area contributed by atoms with Crippen molar-refractivity contribution in [2.45, 2.75) is 57.7 Å². The third-order valence-corrected chi connectivity index (χ3v) is 5.09. The molecule has 0 radical (unpaired) electrons. The molecule has 0 saturated carbocycles. The number of halogens is 4. The summed E-state index contributed by atoms with van der Waals surface area (Å²) >= 11 is 0. The number of nitrogens with zero attached hydrogens (tertiary/aromatic N) is 1. The molecule has 1 heterocycles. The van der Waals surface area contributed by atoms with Gasteiger partial charge in [0.25, 0.3) is 0 Å². The predicted octanol–water partition coefficient (Wildman–Crippen LogP) is 3.84. The van der Waals surface area contributed by atoms with Crippen molar-refractivity contribution >= 4 is 35.8 Å². The normalized spacial score (nSPS) is 16.7. The van der Waals surface area contributed by atoms with Crippen LogP contribution in [0.25, 0.3) is 0 Å². The number of hydrogen-bond donors (Lipinski definition) is 3. The van der Waals surface area contributed by atoms with Crippen molar-refractivity contribution in [2.24, 2.45) is 4.99 Å². The van der Waals surface area contributed by atoms with Crippen molar-refractivity contribution in [3.05, 3.63) is 35.4 Å². The van der Waals surface area contributed by atoms with E-state index in [2.05, 4.69) is 20.9 Å². The fourth-order valence-corrected chi connectivity index (χ4v) is 3.56. The van der Waals surface area contributed by atoms with Crippen LogP contribution in [0.15, 0.2) is 29.3 Å². The number of amides is 1. The van der Waals surface area contributed by atoms with E-state index in [4.69, 9.17) is 4.74 Å². The molecule has 0 aromatic heterocycles. The summed E-state index contributed by atoms with van der Waals surface area (Å²) in [6.45, 7) is 9.44. The molecular formula is C22H34F3IN4O2. The lowest BCUT2D eigenvalue weighted by Gasteiger charge is -2.38. The zero-order valence-corrected chi connectivity index (χ0v) is 21.4. The van der Waals surface area contributed by atoms with E-state index in [0.717, 1.165) is 6.07 Å². The zero-order chi connectivity index (χ0) is 23.1. The van der Waals surface area contributed by atoms with Crippen LogP contribution < -0.4 is 16.0 Å². The van der Waals surface area contributed by atoms with Gasteiger partial charge in [-0.1, -0.05) is 18.2 Å². The van der Waals surface area contributed by atoms with E-state index < -0.39 is 17.2 Å². The highest BCUT2D eigenvalue weighted by Crippen LogP contribution is 2.37. The maximum absolute atomic E-state index is 13.3. The maximum Gasteiger partial charge on any atom is 0.416 e. The molecule has 0 bridgehead atoms. The molecule has 6 nitrogen and oxygen atoms in total. The predicted molar refractivity (Wildman–Crippen MR) is 130 cm³/mol. The Bertz CT molecular complexity index is 773. The van der Waals surface area contributed by atoms with Crippen molar-refractivity contribution in [1.29, 1.82) is 0 Å². The van der Waals surface area contributed by atoms with Crippen LogP contribution in [0.3, 0.4) is 0 Å². The standard InChI is InChI=1S/C22H33F3N4O2.HI/c1-5-26-19(27-14-18(30)29-20(2,3)4)28-15-21(9-11-31-12-10-21)16-7-6-8-17(13-16)22(23,24)25;/h6-8,13H,5,9-12,14-15H2,1-4H3,(H,29,30)(H2,26,27,28);1H. The highest BCUT2D eigenvalue weighted by atomic mass is 127. The minimum atomic E-state index is -4.40. The quantitative estimate of drug-likeness (QED) is 0.276. The van der Waals surface area contributed by atoms with Gasteiger partial charge in [0.2, 0.25) is 5.91 Å². The Kier molecular flexibility index (Phi) is 10.7. The molecule has 1 aliphatic rings. The Balaban J connectivity index is 0.00000512. The van der Waals surface area contributed by atoms with Gasteiger partial charge in [-0.2, -0.15) is 13.2 Å². The van der Waals surface area contributed by atoms with E-state index in [1.165, 1.54) is 12.1 Å². The van der Waals surface area contributed by atoms with E-state index in [1.54, 1.807) is 6.07 Å². The minimum absolute atomic E-state index is 0. The molecule has 2 rings (SSSR count). The first kappa shape index (κ1) is 28.5. The fraction of sp³-hybridized carbons (Fsp3) is 0.636. The Morgan fingerprint density at radius 1 is 1.16 bits per heavy atom. The zero-order valence-electron chi connectivity index (χ0n) is 19.1. The van der Waals surface area contributed by atoms with Crippen LogP contribution in [0.5, 0.6) is 0 Å². The van der Waals surface area contributed by atoms with Crippen molar-refractivity contribution in [3.63, 3.8) is 0 Å². The van der Waals surface area contributed by atoms with Crippen LogP contribution in [0.4, 0.5) is 13.2 Å². The first-order valence-electron chi connectivity index (χ1n) is 10.5. The van der Waals surface area contributed by atoms with Crippen molar-refractivity contribution < 1.29 is 22.7 Å². The summed E-state index contributed by atoms with van der Waals surface area (Å²) in [5.41, 5.74) is -0.910. The smallest absolute Gasteiger partial charge is 0.381 e. The number of guanidine groups is 1. The first-order valence-corrected chi connectivity index (χ1v) is 10.5. The van der Waals surface area contributed by atoms with Gasteiger partial charge in [0.15, 0.2) is 5.96 Å². The average molecular weight is 570 g/mol. The largest absolute Gasteiger partial charge is 0.416 e. The van der Waals surface area contributed by atoms with Gasteiger partial charge in [-0.15, -0.1) is 24.0 Å². The van der Waals surface area contributed by atoms with Gasteiger partial charge in [0.05, 0.1) is 5.56 Å². The van der Waals surface area contributed by atoms with E-state index in [1.807, 2.05) is 27.7 Å². The Hall–Kier alpha value is -1.56. The highest BCUT2D eigenvalue weighted by Gasteiger charge is 2.37. The highest BCUT2D eigenvalue weighted by molar-refractivity contribution is 14.0. The van der Waals surface area contributed by atoms with Crippen LogP contribution in [-0.2, 0) is 21.1 Å². The van der Waals surface area contributed by atoms with E-state index >= 15 is 0 Å². The number of nitrogens with one attached hydrogen (secondary N) is 3. The minimum Gasteiger partial charge on any atom is -0.381 e. The van der Waals surface area contributed by atoms with Crippen molar-refractivity contribution in [3.8, 4) is 0 Å². The van der Waals surface area contributed by atoms with Gasteiger partial charge in [-0.3, -0.25) is 4.79 Å². The van der Waals surface area contributed by atoms with Crippen molar-refractivity contribution in [2.75, 3.05) is 32.8 Å². The second-order valence-corrected chi connectivity index (χ2v) is 8.82. The van der Waals surface area contributed by atoms with Crippen LogP contribution in [0.1, 0.15) is 51.7 Å². The Morgan fingerprint density at radius 2 is 1.81 bits per heavy atom. The van der Waals surface area contributed by atoms with Crippen LogP contribution in [-0.4, -0.2) is 50.3 Å². The number of ether oxygens (including phenoxy) is 1. The molecule has 0 spiro atoms. The fourth-order valence-electron chi connectivity index (χ4n) is 3.56. The molecule has 1 aromatic rings. The number of alkyl halides is 3. The molecule has 3 N–H and O–H groups in total. The second-order valence-electron chi connectivity index (χ2n) is 8.82. The molecule has 10 heteroatoms. The molecule has 1 saturated heterocycles. The Labute approximate surface area is 205 Å². The van der Waals surface area contributed by atoms with E-state index in [-0.39, 0.29) is 42.0 Å². The molecule has 0 atom stereocenters. The van der Waals surface area contributed by atoms with Crippen LogP contribution >= 0.6 is 24.0 Å². The summed E-state index contributed by atoms with van der Waals surface area (Å²) in [4.78, 5) is 16.4. The van der Waals surface area contributed by atoms with Crippen LogP contribution in [0, 0.1) is 0 Å². The average Bonchev–Trinajstić information content (AvgIpc) is 2.69. The lowest BCUT2D eigenvalue weighted by atomic mass is 9.73. The van der Waals surface area contributed by atoms with Crippen molar-refractivity contribution in [1.82, 2.24) is 16.0 Å². The van der Waals surface area contributed by atoms with Gasteiger partial charge >= 0.3 is 6.18 Å². The van der Waals surface area contributed by atoms with Gasteiger partial charge in [0, 0.05) is 37.3 Å². The SMILES string of the molecule is CCNC(=NCC(=O)NC(C)(C)C)NCC1(c2cccc(C(F)(F)F)c2)CCOCC1.I. The number of benzene rings is 1. The Morgan fingerprint density at radius 3 is 2.38 bits per heavy atom. The van der Waals surface area contributed by atoms with Gasteiger partial charge in [0.1, 0.15) is 6.54 Å². The summed E-state index contributed by atoms with van der Waals surface area (Å²) < 4.78 is 45.3. The molecule has 1 amide bonds. The number of carbonyl (C=O) groups is 1. The van der Waals surface area contributed by atoms with Gasteiger partial charge in [-0.25, -0.2) is 4.99 Å². The lowest BCUT2D eigenvalue weighted by molar-refractivity contribution is -0.137. The summed E-state index contributed by atoms with van der Waals surface area (Å²) in [7, 11) is 0.